The van der Waals surface area contributed by atoms with Crippen LogP contribution in [0.1, 0.15) is 32.6 Å². The van der Waals surface area contributed by atoms with Crippen molar-refractivity contribution in [1.29, 1.82) is 0 Å². The SMILES string of the molecule is C#CC(C)NC1CCCC1. The molecule has 0 spiro atoms. The van der Waals surface area contributed by atoms with E-state index in [1.165, 1.54) is 25.7 Å². The first kappa shape index (κ1) is 7.63. The topological polar surface area (TPSA) is 12.0 Å². The molecular weight excluding hydrogens is 122 g/mol. The molecule has 1 rings (SSSR count). The fraction of sp³-hybridized carbons (Fsp3) is 0.778. The summed E-state index contributed by atoms with van der Waals surface area (Å²) in [5.41, 5.74) is 0. The van der Waals surface area contributed by atoms with Crippen molar-refractivity contribution in [1.82, 2.24) is 5.32 Å². The third-order valence-electron chi connectivity index (χ3n) is 2.09. The summed E-state index contributed by atoms with van der Waals surface area (Å²) in [7, 11) is 0. The summed E-state index contributed by atoms with van der Waals surface area (Å²) in [6.07, 6.45) is 10.6. The van der Waals surface area contributed by atoms with Gasteiger partial charge in [-0.05, 0) is 19.8 Å². The van der Waals surface area contributed by atoms with Crippen molar-refractivity contribution in [2.75, 3.05) is 0 Å². The normalized spacial score (nSPS) is 22.4. The zero-order valence-corrected chi connectivity index (χ0v) is 6.56. The highest BCUT2D eigenvalue weighted by Crippen LogP contribution is 2.17. The van der Waals surface area contributed by atoms with Crippen molar-refractivity contribution in [3.8, 4) is 12.3 Å². The van der Waals surface area contributed by atoms with Crippen LogP contribution in [0.4, 0.5) is 0 Å². The van der Waals surface area contributed by atoms with Crippen LogP contribution in [0, 0.1) is 12.3 Å². The van der Waals surface area contributed by atoms with Crippen LogP contribution in [-0.2, 0) is 0 Å². The maximum absolute atomic E-state index is 5.24. The van der Waals surface area contributed by atoms with Gasteiger partial charge in [0.1, 0.15) is 0 Å². The zero-order valence-electron chi connectivity index (χ0n) is 6.56. The molecule has 0 bridgehead atoms. The summed E-state index contributed by atoms with van der Waals surface area (Å²) in [4.78, 5) is 0. The fourth-order valence-electron chi connectivity index (χ4n) is 1.49. The first-order chi connectivity index (χ1) is 4.83. The Balaban J connectivity index is 2.19. The molecule has 0 aromatic carbocycles. The standard InChI is InChI=1S/C9H15N/c1-3-8(2)10-9-6-4-5-7-9/h1,8-10H,4-7H2,2H3. The molecule has 0 radical (unpaired) electrons. The average molecular weight is 137 g/mol. The largest absolute Gasteiger partial charge is 0.301 e. The van der Waals surface area contributed by atoms with Crippen molar-refractivity contribution in [2.24, 2.45) is 0 Å². The summed E-state index contributed by atoms with van der Waals surface area (Å²) in [5, 5.41) is 3.39. The maximum Gasteiger partial charge on any atom is 0.0660 e. The third-order valence-corrected chi connectivity index (χ3v) is 2.09. The highest BCUT2D eigenvalue weighted by Gasteiger charge is 2.15. The molecule has 1 unspecified atom stereocenters. The van der Waals surface area contributed by atoms with Crippen LogP contribution in [-0.4, -0.2) is 12.1 Å². The molecule has 10 heavy (non-hydrogen) atoms. The predicted octanol–water partition coefficient (Wildman–Crippen LogP) is 1.54. The van der Waals surface area contributed by atoms with Crippen LogP contribution in [0.5, 0.6) is 0 Å². The maximum atomic E-state index is 5.24. The van der Waals surface area contributed by atoms with Gasteiger partial charge in [0.2, 0.25) is 0 Å². The number of nitrogens with one attached hydrogen (secondary N) is 1. The van der Waals surface area contributed by atoms with Crippen LogP contribution in [0.2, 0.25) is 0 Å². The predicted molar refractivity (Wildman–Crippen MR) is 43.7 cm³/mol. The van der Waals surface area contributed by atoms with Crippen molar-refractivity contribution in [2.45, 2.75) is 44.7 Å². The summed E-state index contributed by atoms with van der Waals surface area (Å²) in [5.74, 6) is 2.68. The lowest BCUT2D eigenvalue weighted by molar-refractivity contribution is 0.503. The molecule has 1 saturated carbocycles. The minimum atomic E-state index is 0.253. The van der Waals surface area contributed by atoms with E-state index in [9.17, 15) is 0 Å². The molecule has 0 aromatic heterocycles. The first-order valence-corrected chi connectivity index (χ1v) is 4.05. The molecule has 0 heterocycles. The number of rotatable bonds is 2. The van der Waals surface area contributed by atoms with E-state index in [2.05, 4.69) is 11.2 Å². The minimum Gasteiger partial charge on any atom is -0.301 e. The molecule has 1 aliphatic carbocycles. The van der Waals surface area contributed by atoms with Gasteiger partial charge >= 0.3 is 0 Å². The van der Waals surface area contributed by atoms with Crippen LogP contribution in [0.3, 0.4) is 0 Å². The third kappa shape index (κ3) is 2.04. The highest BCUT2D eigenvalue weighted by atomic mass is 14.9. The molecular formula is C9H15N. The number of terminal acetylenes is 1. The molecule has 0 amide bonds. The summed E-state index contributed by atoms with van der Waals surface area (Å²) < 4.78 is 0. The van der Waals surface area contributed by atoms with Crippen molar-refractivity contribution >= 4 is 0 Å². The Kier molecular flexibility index (Phi) is 2.77. The van der Waals surface area contributed by atoms with Crippen LogP contribution >= 0.6 is 0 Å². The zero-order chi connectivity index (χ0) is 7.40. The molecule has 1 heteroatoms. The van der Waals surface area contributed by atoms with Gasteiger partial charge in [-0.1, -0.05) is 18.8 Å². The monoisotopic (exact) mass is 137 g/mol. The van der Waals surface area contributed by atoms with E-state index in [4.69, 9.17) is 6.42 Å². The van der Waals surface area contributed by atoms with Gasteiger partial charge in [0, 0.05) is 6.04 Å². The summed E-state index contributed by atoms with van der Waals surface area (Å²) in [6, 6.07) is 0.953. The quantitative estimate of drug-likeness (QED) is 0.569. The van der Waals surface area contributed by atoms with Gasteiger partial charge in [-0.25, -0.2) is 0 Å². The van der Waals surface area contributed by atoms with Gasteiger partial charge in [-0.3, -0.25) is 0 Å². The summed E-state index contributed by atoms with van der Waals surface area (Å²) >= 11 is 0. The molecule has 0 saturated heterocycles. The van der Waals surface area contributed by atoms with Gasteiger partial charge in [0.05, 0.1) is 6.04 Å². The Morgan fingerprint density at radius 2 is 2.10 bits per heavy atom. The summed E-state index contributed by atoms with van der Waals surface area (Å²) in [6.45, 7) is 2.04. The van der Waals surface area contributed by atoms with Gasteiger partial charge in [-0.2, -0.15) is 0 Å². The van der Waals surface area contributed by atoms with E-state index < -0.39 is 0 Å². The Bertz CT molecular complexity index is 128. The van der Waals surface area contributed by atoms with E-state index in [1.54, 1.807) is 0 Å². The van der Waals surface area contributed by atoms with E-state index in [0.29, 0.717) is 6.04 Å². The van der Waals surface area contributed by atoms with E-state index >= 15 is 0 Å². The lowest BCUT2D eigenvalue weighted by atomic mass is 10.2. The highest BCUT2D eigenvalue weighted by molar-refractivity contribution is 4.97. The second-order valence-electron chi connectivity index (χ2n) is 3.04. The van der Waals surface area contributed by atoms with Crippen LogP contribution in [0.25, 0.3) is 0 Å². The van der Waals surface area contributed by atoms with E-state index in [1.807, 2.05) is 6.92 Å². The number of hydrogen-bond acceptors (Lipinski definition) is 1. The molecule has 56 valence electrons. The van der Waals surface area contributed by atoms with Gasteiger partial charge in [0.15, 0.2) is 0 Å². The molecule has 1 atom stereocenters. The smallest absolute Gasteiger partial charge is 0.0660 e. The van der Waals surface area contributed by atoms with Gasteiger partial charge in [0.25, 0.3) is 0 Å². The molecule has 1 aliphatic rings. The van der Waals surface area contributed by atoms with Crippen molar-refractivity contribution in [3.05, 3.63) is 0 Å². The van der Waals surface area contributed by atoms with Gasteiger partial charge < -0.3 is 5.32 Å². The van der Waals surface area contributed by atoms with E-state index in [0.717, 1.165) is 0 Å². The Labute approximate surface area is 63.2 Å². The van der Waals surface area contributed by atoms with Gasteiger partial charge in [-0.15, -0.1) is 6.42 Å². The second kappa shape index (κ2) is 3.63. The lowest BCUT2D eigenvalue weighted by Gasteiger charge is -2.13. The Morgan fingerprint density at radius 3 is 2.60 bits per heavy atom. The first-order valence-electron chi connectivity index (χ1n) is 4.05. The van der Waals surface area contributed by atoms with Crippen LogP contribution < -0.4 is 5.32 Å². The minimum absolute atomic E-state index is 0.253. The molecule has 1 fully saturated rings. The Morgan fingerprint density at radius 1 is 1.50 bits per heavy atom. The molecule has 0 aliphatic heterocycles. The number of hydrogen-bond donors (Lipinski definition) is 1. The molecule has 0 aromatic rings. The fourth-order valence-corrected chi connectivity index (χ4v) is 1.49. The average Bonchev–Trinajstić information content (AvgIpc) is 2.40. The van der Waals surface area contributed by atoms with Crippen molar-refractivity contribution < 1.29 is 0 Å². The lowest BCUT2D eigenvalue weighted by Crippen LogP contribution is -2.33. The van der Waals surface area contributed by atoms with E-state index in [-0.39, 0.29) is 6.04 Å². The van der Waals surface area contributed by atoms with Crippen LogP contribution in [0.15, 0.2) is 0 Å². The van der Waals surface area contributed by atoms with Crippen molar-refractivity contribution in [3.63, 3.8) is 0 Å². The second-order valence-corrected chi connectivity index (χ2v) is 3.04. The Hall–Kier alpha value is -0.480. The molecule has 1 nitrogen and oxygen atoms in total. The molecule has 1 N–H and O–H groups in total.